The molecule has 2 aromatic carbocycles. The van der Waals surface area contributed by atoms with E-state index < -0.39 is 16.6 Å². The van der Waals surface area contributed by atoms with Gasteiger partial charge in [0.05, 0.1) is 0 Å². The number of rotatable bonds is 6. The van der Waals surface area contributed by atoms with E-state index in [9.17, 15) is 0 Å². The van der Waals surface area contributed by atoms with Crippen molar-refractivity contribution in [3.05, 3.63) is 60.7 Å². The third kappa shape index (κ3) is 5.40. The zero-order valence-corrected chi connectivity index (χ0v) is 15.3. The van der Waals surface area contributed by atoms with Crippen molar-refractivity contribution in [2.24, 2.45) is 0 Å². The van der Waals surface area contributed by atoms with Gasteiger partial charge in [0.25, 0.3) is 0 Å². The largest absolute Gasteiger partial charge is 0.544 e. The van der Waals surface area contributed by atoms with Crippen molar-refractivity contribution < 1.29 is 8.85 Å². The van der Waals surface area contributed by atoms with Crippen LogP contribution in [0.15, 0.2) is 60.7 Å². The molecular formula is C17H24O2Si2. The van der Waals surface area contributed by atoms with Gasteiger partial charge in [-0.15, -0.1) is 0 Å². The van der Waals surface area contributed by atoms with E-state index in [0.29, 0.717) is 0 Å². The van der Waals surface area contributed by atoms with Crippen molar-refractivity contribution in [3.63, 3.8) is 0 Å². The highest BCUT2D eigenvalue weighted by Crippen LogP contribution is 2.26. The molecule has 0 heterocycles. The summed E-state index contributed by atoms with van der Waals surface area (Å²) in [5.74, 6) is 1.94. The minimum absolute atomic E-state index is 0.971. The van der Waals surface area contributed by atoms with Gasteiger partial charge < -0.3 is 8.85 Å². The maximum atomic E-state index is 6.27. The lowest BCUT2D eigenvalue weighted by Gasteiger charge is -2.32. The van der Waals surface area contributed by atoms with Crippen molar-refractivity contribution in [2.45, 2.75) is 31.9 Å². The molecule has 0 aliphatic heterocycles. The van der Waals surface area contributed by atoms with Gasteiger partial charge in [0.2, 0.25) is 16.6 Å². The third-order valence-electron chi connectivity index (χ3n) is 3.13. The quantitative estimate of drug-likeness (QED) is 0.691. The Morgan fingerprint density at radius 3 is 1.29 bits per heavy atom. The summed E-state index contributed by atoms with van der Waals surface area (Å²) < 4.78 is 12.5. The molecule has 0 unspecified atom stereocenters. The van der Waals surface area contributed by atoms with Crippen molar-refractivity contribution >= 4 is 16.6 Å². The summed E-state index contributed by atoms with van der Waals surface area (Å²) in [5, 5.41) is 0. The van der Waals surface area contributed by atoms with Gasteiger partial charge in [-0.3, -0.25) is 0 Å². The molecule has 2 aromatic rings. The lowest BCUT2D eigenvalue weighted by atomic mass is 10.3. The first-order chi connectivity index (χ1) is 9.86. The fourth-order valence-electron chi connectivity index (χ4n) is 2.71. The Bertz CT molecular complexity index is 502. The van der Waals surface area contributed by atoms with Crippen molar-refractivity contribution in [3.8, 4) is 11.5 Å². The van der Waals surface area contributed by atoms with E-state index in [1.165, 1.54) is 0 Å². The second kappa shape index (κ2) is 6.49. The van der Waals surface area contributed by atoms with E-state index in [0.717, 1.165) is 17.2 Å². The van der Waals surface area contributed by atoms with Crippen molar-refractivity contribution in [1.29, 1.82) is 0 Å². The monoisotopic (exact) mass is 316 g/mol. The fraction of sp³-hybridized carbons (Fsp3) is 0.294. The number of hydrogen-bond donors (Lipinski definition) is 0. The van der Waals surface area contributed by atoms with Crippen LogP contribution in [0.25, 0.3) is 0 Å². The molecular weight excluding hydrogens is 292 g/mol. The Hall–Kier alpha value is -1.53. The maximum absolute atomic E-state index is 6.27. The molecule has 0 N–H and O–H groups in total. The molecule has 0 fully saturated rings. The second-order valence-electron chi connectivity index (χ2n) is 6.53. The predicted molar refractivity (Wildman–Crippen MR) is 93.9 cm³/mol. The average Bonchev–Trinajstić information content (AvgIpc) is 2.38. The maximum Gasteiger partial charge on any atom is 0.245 e. The van der Waals surface area contributed by atoms with E-state index in [4.69, 9.17) is 8.85 Å². The van der Waals surface area contributed by atoms with Crippen LogP contribution in [-0.2, 0) is 0 Å². The Morgan fingerprint density at radius 2 is 0.952 bits per heavy atom. The topological polar surface area (TPSA) is 18.5 Å². The van der Waals surface area contributed by atoms with Gasteiger partial charge in [0.15, 0.2) is 0 Å². The first-order valence-corrected chi connectivity index (χ1v) is 13.6. The standard InChI is InChI=1S/C17H24O2Si2/c1-20(2,18-16-11-7-5-8-12-16)15-21(3,4)19-17-13-9-6-10-14-17/h5-14H,15H2,1-4H3. The summed E-state index contributed by atoms with van der Waals surface area (Å²) in [6, 6.07) is 20.2. The van der Waals surface area contributed by atoms with Crippen molar-refractivity contribution in [1.82, 2.24) is 0 Å². The predicted octanol–water partition coefficient (Wildman–Crippen LogP) is 5.09. The van der Waals surface area contributed by atoms with Crippen LogP contribution in [0.1, 0.15) is 0 Å². The van der Waals surface area contributed by atoms with E-state index in [1.807, 2.05) is 60.7 Å². The van der Waals surface area contributed by atoms with Crippen LogP contribution >= 0.6 is 0 Å². The van der Waals surface area contributed by atoms with Gasteiger partial charge in [0, 0.05) is 5.67 Å². The lowest BCUT2D eigenvalue weighted by Crippen LogP contribution is -2.47. The van der Waals surface area contributed by atoms with Gasteiger partial charge >= 0.3 is 0 Å². The molecule has 0 radical (unpaired) electrons. The molecule has 112 valence electrons. The minimum atomic E-state index is -1.80. The van der Waals surface area contributed by atoms with Crippen LogP contribution in [0.3, 0.4) is 0 Å². The molecule has 21 heavy (non-hydrogen) atoms. The number of benzene rings is 2. The van der Waals surface area contributed by atoms with Gasteiger partial charge in [-0.2, -0.15) is 0 Å². The van der Waals surface area contributed by atoms with Gasteiger partial charge in [0.1, 0.15) is 11.5 Å². The third-order valence-corrected chi connectivity index (χ3v) is 11.5. The van der Waals surface area contributed by atoms with Crippen molar-refractivity contribution in [2.75, 3.05) is 0 Å². The molecule has 0 aliphatic carbocycles. The Balaban J connectivity index is 2.01. The fourth-order valence-corrected chi connectivity index (χ4v) is 13.0. The van der Waals surface area contributed by atoms with E-state index in [1.54, 1.807) is 0 Å². The van der Waals surface area contributed by atoms with Crippen LogP contribution in [0.4, 0.5) is 0 Å². The summed E-state index contributed by atoms with van der Waals surface area (Å²) in [7, 11) is -3.59. The molecule has 0 bridgehead atoms. The summed E-state index contributed by atoms with van der Waals surface area (Å²) in [4.78, 5) is 0. The molecule has 0 saturated heterocycles. The molecule has 0 saturated carbocycles. The minimum Gasteiger partial charge on any atom is -0.544 e. The molecule has 2 nitrogen and oxygen atoms in total. The zero-order valence-electron chi connectivity index (χ0n) is 13.3. The zero-order chi connectivity index (χ0) is 15.3. The molecule has 0 aliphatic rings. The van der Waals surface area contributed by atoms with Crippen LogP contribution in [0, 0.1) is 0 Å². The van der Waals surface area contributed by atoms with Crippen LogP contribution < -0.4 is 8.85 Å². The molecule has 2 rings (SSSR count). The highest BCUT2D eigenvalue weighted by atomic mass is 28.4. The van der Waals surface area contributed by atoms with E-state index >= 15 is 0 Å². The lowest BCUT2D eigenvalue weighted by molar-refractivity contribution is 0.530. The molecule has 0 aromatic heterocycles. The smallest absolute Gasteiger partial charge is 0.245 e. The average molecular weight is 317 g/mol. The van der Waals surface area contributed by atoms with E-state index in [-0.39, 0.29) is 0 Å². The molecule has 0 spiro atoms. The summed E-state index contributed by atoms with van der Waals surface area (Å²) in [5.41, 5.74) is 1.06. The van der Waals surface area contributed by atoms with Gasteiger partial charge in [-0.25, -0.2) is 0 Å². The van der Waals surface area contributed by atoms with Gasteiger partial charge in [-0.1, -0.05) is 36.4 Å². The molecule has 0 amide bonds. The number of para-hydroxylation sites is 2. The second-order valence-corrected chi connectivity index (χ2v) is 15.4. The number of hydrogen-bond acceptors (Lipinski definition) is 2. The van der Waals surface area contributed by atoms with Crippen LogP contribution in [0.5, 0.6) is 11.5 Å². The van der Waals surface area contributed by atoms with Gasteiger partial charge in [-0.05, 0) is 50.5 Å². The first kappa shape index (κ1) is 15.9. The highest BCUT2D eigenvalue weighted by Gasteiger charge is 2.37. The Morgan fingerprint density at radius 1 is 0.619 bits per heavy atom. The summed E-state index contributed by atoms with van der Waals surface area (Å²) >= 11 is 0. The van der Waals surface area contributed by atoms with Crippen LogP contribution in [0.2, 0.25) is 31.9 Å². The summed E-state index contributed by atoms with van der Waals surface area (Å²) in [6.45, 7) is 9.07. The Kier molecular flexibility index (Phi) is 4.90. The highest BCUT2D eigenvalue weighted by molar-refractivity contribution is 6.90. The molecule has 4 heteroatoms. The SMILES string of the molecule is C[Si](C)(C[Si](C)(C)Oc1ccccc1)Oc1ccccc1. The van der Waals surface area contributed by atoms with Crippen LogP contribution in [-0.4, -0.2) is 16.6 Å². The Labute approximate surface area is 130 Å². The van der Waals surface area contributed by atoms with E-state index in [2.05, 4.69) is 26.2 Å². The summed E-state index contributed by atoms with van der Waals surface area (Å²) in [6.07, 6.45) is 0. The molecule has 0 atom stereocenters. The first-order valence-electron chi connectivity index (χ1n) is 7.34. The normalized spacial score (nSPS) is 12.0.